The van der Waals surface area contributed by atoms with E-state index in [2.05, 4.69) is 15.9 Å². The fourth-order valence-corrected chi connectivity index (χ4v) is 2.05. The summed E-state index contributed by atoms with van der Waals surface area (Å²) >= 11 is 3.27. The topological polar surface area (TPSA) is 43.4 Å². The number of hydrogen-bond donors (Lipinski definition) is 0. The van der Waals surface area contributed by atoms with Gasteiger partial charge in [-0.2, -0.15) is 0 Å². The Morgan fingerprint density at radius 2 is 1.81 bits per heavy atom. The molecule has 0 saturated heterocycles. The average molecular weight is 351 g/mol. The Kier molecular flexibility index (Phi) is 4.85. The monoisotopic (exact) mass is 350 g/mol. The van der Waals surface area contributed by atoms with Crippen molar-refractivity contribution in [3.8, 4) is 0 Å². The first kappa shape index (κ1) is 15.4. The van der Waals surface area contributed by atoms with Gasteiger partial charge >= 0.3 is 5.97 Å². The second kappa shape index (κ2) is 6.63. The number of ether oxygens (including phenoxy) is 1. The molecular formula is C16H12BrFO3. The number of hydrogen-bond acceptors (Lipinski definition) is 3. The van der Waals surface area contributed by atoms with Gasteiger partial charge < -0.3 is 4.74 Å². The van der Waals surface area contributed by atoms with Crippen molar-refractivity contribution in [3.05, 3.63) is 69.4 Å². The van der Waals surface area contributed by atoms with E-state index in [9.17, 15) is 14.0 Å². The van der Waals surface area contributed by atoms with Crippen molar-refractivity contribution in [2.24, 2.45) is 0 Å². The van der Waals surface area contributed by atoms with E-state index >= 15 is 0 Å². The molecule has 108 valence electrons. The van der Waals surface area contributed by atoms with Crippen LogP contribution in [-0.2, 0) is 4.74 Å². The van der Waals surface area contributed by atoms with Crippen LogP contribution in [0.25, 0.3) is 0 Å². The van der Waals surface area contributed by atoms with E-state index in [0.29, 0.717) is 11.1 Å². The summed E-state index contributed by atoms with van der Waals surface area (Å²) in [7, 11) is 0. The predicted octanol–water partition coefficient (Wildman–Crippen LogP) is 3.94. The van der Waals surface area contributed by atoms with Crippen molar-refractivity contribution in [3.63, 3.8) is 0 Å². The third-order valence-corrected chi connectivity index (χ3v) is 3.44. The molecule has 0 fully saturated rings. The van der Waals surface area contributed by atoms with Gasteiger partial charge in [-0.05, 0) is 42.8 Å². The van der Waals surface area contributed by atoms with Crippen molar-refractivity contribution in [2.45, 2.75) is 6.92 Å². The fraction of sp³-hybridized carbons (Fsp3) is 0.125. The van der Waals surface area contributed by atoms with Gasteiger partial charge in [-0.25, -0.2) is 9.18 Å². The van der Waals surface area contributed by atoms with Crippen LogP contribution in [0.15, 0.2) is 46.9 Å². The van der Waals surface area contributed by atoms with Crippen LogP contribution >= 0.6 is 15.9 Å². The van der Waals surface area contributed by atoms with Gasteiger partial charge in [0.15, 0.2) is 12.4 Å². The minimum Gasteiger partial charge on any atom is -0.454 e. The maximum atomic E-state index is 13.0. The Bertz CT molecular complexity index is 680. The van der Waals surface area contributed by atoms with Crippen LogP contribution in [0.5, 0.6) is 0 Å². The Balaban J connectivity index is 2.00. The summed E-state index contributed by atoms with van der Waals surface area (Å²) in [5.41, 5.74) is 1.18. The molecule has 0 aromatic heterocycles. The smallest absolute Gasteiger partial charge is 0.338 e. The Labute approximate surface area is 129 Å². The van der Waals surface area contributed by atoms with Crippen molar-refractivity contribution in [1.82, 2.24) is 0 Å². The van der Waals surface area contributed by atoms with Crippen LogP contribution in [0.4, 0.5) is 4.39 Å². The summed E-state index contributed by atoms with van der Waals surface area (Å²) in [5.74, 6) is -1.36. The molecule has 0 spiro atoms. The van der Waals surface area contributed by atoms with Gasteiger partial charge in [-0.15, -0.1) is 0 Å². The highest BCUT2D eigenvalue weighted by molar-refractivity contribution is 9.10. The lowest BCUT2D eigenvalue weighted by Gasteiger charge is -2.07. The lowest BCUT2D eigenvalue weighted by molar-refractivity contribution is 0.0474. The molecule has 0 saturated carbocycles. The molecule has 0 atom stereocenters. The van der Waals surface area contributed by atoms with Crippen LogP contribution in [0, 0.1) is 12.7 Å². The standard InChI is InChI=1S/C16H12BrFO3/c1-10-8-13(18)6-7-14(10)16(20)21-9-15(19)11-2-4-12(17)5-3-11/h2-8H,9H2,1H3. The van der Waals surface area contributed by atoms with Crippen LogP contribution in [0.3, 0.4) is 0 Å². The number of rotatable bonds is 4. The summed E-state index contributed by atoms with van der Waals surface area (Å²) in [6, 6.07) is 10.5. The normalized spacial score (nSPS) is 10.2. The number of aryl methyl sites for hydroxylation is 1. The largest absolute Gasteiger partial charge is 0.454 e. The highest BCUT2D eigenvalue weighted by Crippen LogP contribution is 2.13. The Morgan fingerprint density at radius 1 is 1.14 bits per heavy atom. The van der Waals surface area contributed by atoms with E-state index in [1.54, 1.807) is 31.2 Å². The van der Waals surface area contributed by atoms with Gasteiger partial charge in [-0.3, -0.25) is 4.79 Å². The second-order valence-electron chi connectivity index (χ2n) is 4.47. The quantitative estimate of drug-likeness (QED) is 0.619. The van der Waals surface area contributed by atoms with Crippen molar-refractivity contribution in [1.29, 1.82) is 0 Å². The SMILES string of the molecule is Cc1cc(F)ccc1C(=O)OCC(=O)c1ccc(Br)cc1. The number of halogens is 2. The molecule has 0 radical (unpaired) electrons. The van der Waals surface area contributed by atoms with Gasteiger partial charge in [0.1, 0.15) is 5.82 Å². The van der Waals surface area contributed by atoms with Gasteiger partial charge in [0.2, 0.25) is 0 Å². The zero-order valence-corrected chi connectivity index (χ0v) is 12.8. The van der Waals surface area contributed by atoms with Crippen molar-refractivity contribution < 1.29 is 18.7 Å². The van der Waals surface area contributed by atoms with E-state index in [1.807, 2.05) is 0 Å². The van der Waals surface area contributed by atoms with Gasteiger partial charge in [0, 0.05) is 10.0 Å². The van der Waals surface area contributed by atoms with Crippen LogP contribution < -0.4 is 0 Å². The molecule has 2 aromatic carbocycles. The molecule has 2 aromatic rings. The summed E-state index contributed by atoms with van der Waals surface area (Å²) in [5, 5.41) is 0. The molecular weight excluding hydrogens is 339 g/mol. The molecule has 0 unspecified atom stereocenters. The molecule has 21 heavy (non-hydrogen) atoms. The maximum Gasteiger partial charge on any atom is 0.338 e. The van der Waals surface area contributed by atoms with Crippen molar-refractivity contribution >= 4 is 27.7 Å². The van der Waals surface area contributed by atoms with Crippen LogP contribution in [-0.4, -0.2) is 18.4 Å². The minimum atomic E-state index is -0.641. The lowest BCUT2D eigenvalue weighted by atomic mass is 10.1. The third-order valence-electron chi connectivity index (χ3n) is 2.91. The fourth-order valence-electron chi connectivity index (χ4n) is 1.78. The molecule has 0 bridgehead atoms. The third kappa shape index (κ3) is 3.98. The summed E-state index contributed by atoms with van der Waals surface area (Å²) < 4.78 is 18.8. The number of carbonyl (C=O) groups excluding carboxylic acids is 2. The van der Waals surface area contributed by atoms with E-state index in [4.69, 9.17) is 4.74 Å². The predicted molar refractivity (Wildman–Crippen MR) is 79.9 cm³/mol. The molecule has 0 N–H and O–H groups in total. The minimum absolute atomic E-state index is 0.250. The van der Waals surface area contributed by atoms with Gasteiger partial charge in [0.05, 0.1) is 5.56 Å². The second-order valence-corrected chi connectivity index (χ2v) is 5.38. The molecule has 0 amide bonds. The first-order chi connectivity index (χ1) is 9.97. The maximum absolute atomic E-state index is 13.0. The molecule has 5 heteroatoms. The van der Waals surface area contributed by atoms with E-state index < -0.39 is 11.8 Å². The van der Waals surface area contributed by atoms with E-state index in [-0.39, 0.29) is 18.0 Å². The number of Topliss-reactive ketones (excluding diaryl/α,β-unsaturated/α-hetero) is 1. The number of benzene rings is 2. The first-order valence-corrected chi connectivity index (χ1v) is 6.98. The summed E-state index contributed by atoms with van der Waals surface area (Å²) in [4.78, 5) is 23.7. The lowest BCUT2D eigenvalue weighted by Crippen LogP contribution is -2.15. The zero-order chi connectivity index (χ0) is 15.4. The highest BCUT2D eigenvalue weighted by Gasteiger charge is 2.14. The molecule has 0 aliphatic carbocycles. The van der Waals surface area contributed by atoms with Crippen LogP contribution in [0.2, 0.25) is 0 Å². The number of esters is 1. The number of carbonyl (C=O) groups is 2. The summed E-state index contributed by atoms with van der Waals surface area (Å²) in [6.07, 6.45) is 0. The highest BCUT2D eigenvalue weighted by atomic mass is 79.9. The Hall–Kier alpha value is -2.01. The van der Waals surface area contributed by atoms with E-state index in [0.717, 1.165) is 4.47 Å². The summed E-state index contributed by atoms with van der Waals surface area (Å²) in [6.45, 7) is 1.26. The first-order valence-electron chi connectivity index (χ1n) is 6.19. The molecule has 3 nitrogen and oxygen atoms in total. The average Bonchev–Trinajstić information content (AvgIpc) is 2.45. The van der Waals surface area contributed by atoms with Crippen molar-refractivity contribution in [2.75, 3.05) is 6.61 Å². The molecule has 2 rings (SSSR count). The Morgan fingerprint density at radius 3 is 2.43 bits per heavy atom. The van der Waals surface area contributed by atoms with Gasteiger partial charge in [0.25, 0.3) is 0 Å². The zero-order valence-electron chi connectivity index (χ0n) is 11.2. The number of ketones is 1. The van der Waals surface area contributed by atoms with Gasteiger partial charge in [-0.1, -0.05) is 28.1 Å². The molecule has 0 heterocycles. The van der Waals surface area contributed by atoms with Crippen LogP contribution in [0.1, 0.15) is 26.3 Å². The van der Waals surface area contributed by atoms with E-state index in [1.165, 1.54) is 18.2 Å². The molecule has 0 aliphatic rings. The molecule has 0 aliphatic heterocycles.